The van der Waals surface area contributed by atoms with E-state index in [0.29, 0.717) is 0 Å². The fraction of sp³-hybridized carbons (Fsp3) is 1.00. The van der Waals surface area contributed by atoms with Crippen molar-refractivity contribution in [2.24, 2.45) is 0 Å². The number of phosphoric acid groups is 1. The molecule has 0 aromatic carbocycles. The molecule has 4 rings (SSSR count). The second-order valence-corrected chi connectivity index (χ2v) is 8.18. The number of aliphatic hydroxyl groups excluding tert-OH is 6. The van der Waals surface area contributed by atoms with Gasteiger partial charge in [0, 0.05) is 0 Å². The number of rotatable bonds is 4. The monoisotopic (exact) mass is 434 g/mol. The summed E-state index contributed by atoms with van der Waals surface area (Å²) in [4.78, 5) is 0. The van der Waals surface area contributed by atoms with Crippen molar-refractivity contribution >= 4 is 7.82 Å². The van der Waals surface area contributed by atoms with E-state index in [1.807, 2.05) is 0 Å². The third kappa shape index (κ3) is 2.46. The number of aliphatic hydroxyl groups is 8. The topological polar surface area (TPSA) is 234 Å². The number of hydrogen-bond acceptors (Lipinski definition) is 15. The molecule has 0 amide bonds. The molecular formula is C12H19O15P. The Bertz CT molecular complexity index is 676. The van der Waals surface area contributed by atoms with Gasteiger partial charge in [0.05, 0.1) is 6.61 Å². The Morgan fingerprint density at radius 2 is 1.68 bits per heavy atom. The van der Waals surface area contributed by atoms with E-state index in [1.165, 1.54) is 0 Å². The Labute approximate surface area is 155 Å². The van der Waals surface area contributed by atoms with Crippen molar-refractivity contribution in [3.8, 4) is 0 Å². The van der Waals surface area contributed by atoms with E-state index in [1.54, 1.807) is 0 Å². The summed E-state index contributed by atoms with van der Waals surface area (Å²) >= 11 is 0. The Balaban J connectivity index is 1.64. The quantitative estimate of drug-likeness (QED) is 0.193. The Morgan fingerprint density at radius 1 is 1.00 bits per heavy atom. The molecule has 28 heavy (non-hydrogen) atoms. The minimum absolute atomic E-state index is 0.807. The summed E-state index contributed by atoms with van der Waals surface area (Å²) in [7, 11) is -4.61. The lowest BCUT2D eigenvalue weighted by Gasteiger charge is -2.53. The number of ether oxygens (including phenoxy) is 3. The summed E-state index contributed by atoms with van der Waals surface area (Å²) in [6.45, 7) is -2.04. The van der Waals surface area contributed by atoms with Crippen LogP contribution < -0.4 is 0 Å². The maximum absolute atomic E-state index is 12.2. The highest BCUT2D eigenvalue weighted by Gasteiger charge is 2.89. The van der Waals surface area contributed by atoms with Crippen molar-refractivity contribution in [1.82, 2.24) is 0 Å². The number of fused-ring (bicyclic) bond motifs is 1. The average Bonchev–Trinajstić information content (AvgIpc) is 3.00. The van der Waals surface area contributed by atoms with Crippen LogP contribution in [0.5, 0.6) is 0 Å². The average molecular weight is 434 g/mol. The van der Waals surface area contributed by atoms with Gasteiger partial charge in [0.25, 0.3) is 17.4 Å². The third-order valence-corrected chi connectivity index (χ3v) is 6.57. The summed E-state index contributed by atoms with van der Waals surface area (Å²) in [5, 5.41) is 79.8. The molecule has 4 saturated heterocycles. The van der Waals surface area contributed by atoms with E-state index in [0.717, 1.165) is 0 Å². The third-order valence-electron chi connectivity index (χ3n) is 5.06. The largest absolute Gasteiger partial charge is 0.483 e. The Hall–Kier alpha value is -0.330. The van der Waals surface area contributed by atoms with Gasteiger partial charge in [-0.05, 0) is 0 Å². The maximum Gasteiger partial charge on any atom is 0.483 e. The van der Waals surface area contributed by atoms with Crippen LogP contribution in [0.3, 0.4) is 0 Å². The molecule has 0 radical (unpaired) electrons. The molecule has 11 atom stereocenters. The van der Waals surface area contributed by atoms with Crippen molar-refractivity contribution in [3.63, 3.8) is 0 Å². The highest BCUT2D eigenvalue weighted by atomic mass is 31.2. The molecule has 2 bridgehead atoms. The van der Waals surface area contributed by atoms with Crippen LogP contribution in [0, 0.1) is 0 Å². The summed E-state index contributed by atoms with van der Waals surface area (Å²) < 4.78 is 41.7. The van der Waals surface area contributed by atoms with Gasteiger partial charge in [-0.15, -0.1) is 0 Å². The van der Waals surface area contributed by atoms with Crippen LogP contribution in [-0.2, 0) is 32.3 Å². The van der Waals surface area contributed by atoms with Crippen LogP contribution in [-0.4, -0.2) is 115 Å². The van der Waals surface area contributed by atoms with E-state index in [9.17, 15) is 45.4 Å². The zero-order valence-electron chi connectivity index (χ0n) is 13.8. The lowest BCUT2D eigenvalue weighted by atomic mass is 9.88. The van der Waals surface area contributed by atoms with Crippen LogP contribution in [0.25, 0.3) is 0 Å². The first-order chi connectivity index (χ1) is 13.0. The van der Waals surface area contributed by atoms with E-state index >= 15 is 0 Å². The van der Waals surface area contributed by atoms with Gasteiger partial charge >= 0.3 is 7.82 Å². The molecule has 16 heteroatoms. The molecule has 4 fully saturated rings. The Kier molecular flexibility index (Phi) is 4.73. The van der Waals surface area contributed by atoms with Gasteiger partial charge in [-0.2, -0.15) is 0 Å². The minimum atomic E-state index is -4.61. The normalized spacial score (nSPS) is 60.9. The van der Waals surface area contributed by atoms with Crippen LogP contribution in [0.1, 0.15) is 0 Å². The van der Waals surface area contributed by atoms with Gasteiger partial charge < -0.3 is 55.1 Å². The summed E-state index contributed by atoms with van der Waals surface area (Å²) in [5.74, 6) is -8.94. The molecule has 4 aliphatic rings. The van der Waals surface area contributed by atoms with E-state index in [-0.39, 0.29) is 0 Å². The van der Waals surface area contributed by atoms with Gasteiger partial charge in [0.15, 0.2) is 18.7 Å². The van der Waals surface area contributed by atoms with Crippen molar-refractivity contribution in [2.75, 3.05) is 13.2 Å². The molecule has 4 heterocycles. The smallest absolute Gasteiger partial charge is 0.394 e. The second kappa shape index (κ2) is 6.34. The molecule has 4 aliphatic heterocycles. The fourth-order valence-electron chi connectivity index (χ4n) is 3.56. The molecule has 0 spiro atoms. The first kappa shape index (κ1) is 20.9. The Morgan fingerprint density at radius 3 is 2.25 bits per heavy atom. The highest BCUT2D eigenvalue weighted by Crippen LogP contribution is 2.77. The van der Waals surface area contributed by atoms with Gasteiger partial charge in [-0.1, -0.05) is 0 Å². The molecule has 1 unspecified atom stereocenters. The fourth-order valence-corrected chi connectivity index (χ4v) is 5.42. The lowest BCUT2D eigenvalue weighted by Crippen LogP contribution is -2.80. The standard InChI is InChI=1S/C12H19O15P/c13-1-3-6(4(15)5(16)8(18)22-3)23-9-7(17)11(19)12(20)10(2-14,24-9)25-28(21,26-11)27-12/h3-9,13-20H,1-2H2/t3-,4-,5-,6-,7-,8-,9+,10-,11+,12+,28?/m1/s1. The van der Waals surface area contributed by atoms with Gasteiger partial charge in [0.1, 0.15) is 31.0 Å². The maximum atomic E-state index is 12.2. The SMILES string of the molecule is O=P12O[C@@]3(CO)O[C@H](O[C@H]4[C@H](O)[C@@H](O)[C@H](O)O[C@@H]4CO)[C@@H](O)[C@](O)(O1)[C@@]3(O)O2. The zero-order valence-corrected chi connectivity index (χ0v) is 14.7. The van der Waals surface area contributed by atoms with Crippen molar-refractivity contribution < 1.29 is 73.2 Å². The molecule has 0 aliphatic carbocycles. The second-order valence-electron chi connectivity index (χ2n) is 6.73. The molecule has 8 N–H and O–H groups in total. The summed E-state index contributed by atoms with van der Waals surface area (Å²) in [6, 6.07) is 0. The number of hydrogen-bond donors (Lipinski definition) is 8. The highest BCUT2D eigenvalue weighted by molar-refractivity contribution is 7.49. The molecular weight excluding hydrogens is 415 g/mol. The lowest BCUT2D eigenvalue weighted by molar-refractivity contribution is -0.504. The van der Waals surface area contributed by atoms with Gasteiger partial charge in [-0.25, -0.2) is 18.1 Å². The summed E-state index contributed by atoms with van der Waals surface area (Å²) in [5.41, 5.74) is 0. The first-order valence-electron chi connectivity index (χ1n) is 8.05. The van der Waals surface area contributed by atoms with Gasteiger partial charge in [0.2, 0.25) is 0 Å². The predicted molar refractivity (Wildman–Crippen MR) is 76.3 cm³/mol. The van der Waals surface area contributed by atoms with Crippen LogP contribution in [0.2, 0.25) is 0 Å². The number of phosphoric ester groups is 1. The van der Waals surface area contributed by atoms with Crippen LogP contribution in [0.4, 0.5) is 0 Å². The molecule has 15 nitrogen and oxygen atoms in total. The van der Waals surface area contributed by atoms with E-state index in [2.05, 4.69) is 9.05 Å². The van der Waals surface area contributed by atoms with Crippen LogP contribution >= 0.6 is 7.82 Å². The summed E-state index contributed by atoms with van der Waals surface area (Å²) in [6.07, 6.45) is -13.0. The van der Waals surface area contributed by atoms with Crippen molar-refractivity contribution in [1.29, 1.82) is 0 Å². The predicted octanol–water partition coefficient (Wildman–Crippen LogP) is -5.23. The first-order valence-corrected chi connectivity index (χ1v) is 9.52. The van der Waals surface area contributed by atoms with Crippen LogP contribution in [0.15, 0.2) is 0 Å². The van der Waals surface area contributed by atoms with E-state index < -0.39 is 81.5 Å². The molecule has 0 aromatic rings. The van der Waals surface area contributed by atoms with Crippen molar-refractivity contribution in [2.45, 2.75) is 60.5 Å². The minimum Gasteiger partial charge on any atom is -0.394 e. The van der Waals surface area contributed by atoms with Gasteiger partial charge in [-0.3, -0.25) is 0 Å². The molecule has 162 valence electrons. The zero-order chi connectivity index (χ0) is 20.7. The molecule has 0 saturated carbocycles. The van der Waals surface area contributed by atoms with Crippen molar-refractivity contribution in [3.05, 3.63) is 0 Å². The molecule has 0 aromatic heterocycles. The van der Waals surface area contributed by atoms with E-state index in [4.69, 9.17) is 18.7 Å².